The molecule has 11 atom stereocenters. The maximum Gasteiger partial charge on any atom is 0.338 e. The highest BCUT2D eigenvalue weighted by atomic mass is 16.6. The Labute approximate surface area is 283 Å². The highest BCUT2D eigenvalue weighted by molar-refractivity contribution is 5.91. The molecule has 4 aliphatic rings. The molecule has 1 aromatic rings. The number of rotatable bonds is 7. The first-order valence-corrected chi connectivity index (χ1v) is 16.0. The molecular weight excluding hydrogens is 644 g/mol. The average Bonchev–Trinajstić information content (AvgIpc) is 3.16. The third-order valence-electron chi connectivity index (χ3n) is 11.1. The van der Waals surface area contributed by atoms with E-state index < -0.39 is 107 Å². The molecule has 1 aromatic carbocycles. The van der Waals surface area contributed by atoms with Gasteiger partial charge in [0.1, 0.15) is 24.4 Å². The SMILES string of the molecule is C=C1[C@@H](O)C[C@H](OC(C)=O)[C@@]2(COC(=O)c3ccccc3)[C@@H](OC(C)=O)[C@@H](OC(C)=O)[C@@]3(O)[C@@]4(C)OC[C@]3(C)[C@@H](CC4=O)[C@H](OC(C)=O)[C@H]12. The molecule has 1 heterocycles. The Morgan fingerprint density at radius 1 is 0.898 bits per heavy atom. The second kappa shape index (κ2) is 12.6. The van der Waals surface area contributed by atoms with E-state index in [1.165, 1.54) is 19.1 Å². The molecule has 0 amide bonds. The molecule has 0 radical (unpaired) electrons. The van der Waals surface area contributed by atoms with E-state index in [1.807, 2.05) is 0 Å². The molecule has 3 aliphatic carbocycles. The first-order valence-electron chi connectivity index (χ1n) is 16.0. The third-order valence-corrected chi connectivity index (χ3v) is 11.1. The van der Waals surface area contributed by atoms with Crippen LogP contribution in [-0.4, -0.2) is 101 Å². The van der Waals surface area contributed by atoms with Gasteiger partial charge in [0.05, 0.1) is 23.7 Å². The van der Waals surface area contributed by atoms with Crippen LogP contribution >= 0.6 is 0 Å². The van der Waals surface area contributed by atoms with Crippen molar-refractivity contribution < 1.29 is 67.4 Å². The van der Waals surface area contributed by atoms with Crippen molar-refractivity contribution >= 4 is 35.6 Å². The van der Waals surface area contributed by atoms with Gasteiger partial charge >= 0.3 is 29.8 Å². The molecule has 2 N–H and O–H groups in total. The first-order chi connectivity index (χ1) is 22.8. The van der Waals surface area contributed by atoms with Crippen molar-refractivity contribution in [3.05, 3.63) is 48.0 Å². The number of hydrogen-bond donors (Lipinski definition) is 2. The van der Waals surface area contributed by atoms with Crippen LogP contribution < -0.4 is 0 Å². The second-order valence-electron chi connectivity index (χ2n) is 13.8. The fourth-order valence-corrected chi connectivity index (χ4v) is 8.86. The number of aliphatic hydroxyl groups excluding tert-OH is 1. The van der Waals surface area contributed by atoms with Crippen molar-refractivity contribution in [3.63, 3.8) is 0 Å². The van der Waals surface area contributed by atoms with Crippen LogP contribution in [0.4, 0.5) is 0 Å². The van der Waals surface area contributed by atoms with Crippen molar-refractivity contribution in [3.8, 4) is 0 Å². The summed E-state index contributed by atoms with van der Waals surface area (Å²) in [6.07, 6.45) is -8.88. The number of esters is 5. The maximum atomic E-state index is 14.1. The van der Waals surface area contributed by atoms with Gasteiger partial charge in [-0.15, -0.1) is 0 Å². The van der Waals surface area contributed by atoms with E-state index in [1.54, 1.807) is 25.1 Å². The fourth-order valence-electron chi connectivity index (χ4n) is 8.86. The maximum absolute atomic E-state index is 14.1. The van der Waals surface area contributed by atoms with Crippen molar-refractivity contribution in [1.29, 1.82) is 0 Å². The molecule has 0 aromatic heterocycles. The number of fused-ring (bicyclic) bond motifs is 1. The summed E-state index contributed by atoms with van der Waals surface area (Å²) >= 11 is 0. The van der Waals surface area contributed by atoms with Gasteiger partial charge in [0.2, 0.25) is 0 Å². The van der Waals surface area contributed by atoms with E-state index in [0.717, 1.165) is 27.7 Å². The Bertz CT molecular complexity index is 1570. The summed E-state index contributed by atoms with van der Waals surface area (Å²) in [5.74, 6) is -7.53. The molecule has 1 aliphatic heterocycles. The van der Waals surface area contributed by atoms with Gasteiger partial charge in [0.15, 0.2) is 23.6 Å². The second-order valence-corrected chi connectivity index (χ2v) is 13.8. The molecule has 3 saturated carbocycles. The number of carbonyl (C=O) groups excluding carboxylic acids is 6. The highest BCUT2D eigenvalue weighted by Gasteiger charge is 2.83. The van der Waals surface area contributed by atoms with Crippen LogP contribution in [0.5, 0.6) is 0 Å². The number of ether oxygens (including phenoxy) is 6. The minimum Gasteiger partial charge on any atom is -0.462 e. The number of carbonyl (C=O) groups is 6. The zero-order chi connectivity index (χ0) is 36.3. The van der Waals surface area contributed by atoms with Gasteiger partial charge in [-0.25, -0.2) is 4.79 Å². The largest absolute Gasteiger partial charge is 0.462 e. The number of ketones is 1. The van der Waals surface area contributed by atoms with E-state index >= 15 is 0 Å². The predicted molar refractivity (Wildman–Crippen MR) is 165 cm³/mol. The quantitative estimate of drug-likeness (QED) is 0.238. The lowest BCUT2D eigenvalue weighted by Crippen LogP contribution is -2.81. The zero-order valence-corrected chi connectivity index (χ0v) is 28.3. The third kappa shape index (κ3) is 5.44. The van der Waals surface area contributed by atoms with E-state index in [-0.39, 0.29) is 30.6 Å². The number of hydrogen-bond acceptors (Lipinski definition) is 14. The van der Waals surface area contributed by atoms with Gasteiger partial charge in [-0.3, -0.25) is 24.0 Å². The molecule has 14 heteroatoms. The smallest absolute Gasteiger partial charge is 0.338 e. The highest BCUT2D eigenvalue weighted by Crippen LogP contribution is 2.67. The molecular formula is C35H42O14. The summed E-state index contributed by atoms with van der Waals surface area (Å²) < 4.78 is 35.8. The minimum absolute atomic E-state index is 0.0119. The van der Waals surface area contributed by atoms with Crippen LogP contribution in [0, 0.1) is 22.7 Å². The summed E-state index contributed by atoms with van der Waals surface area (Å²) in [5, 5.41) is 24.6. The summed E-state index contributed by atoms with van der Waals surface area (Å²) in [6.45, 7) is 10.4. The standard InChI is InChI=1S/C35H42O14/c1-17-24(40)14-26(46-18(2)36)34(16-44-31(42)22-11-9-8-10-12-22)27(17)28(47-19(3)37)23-13-25(41)33(7)35(43,32(23,6)15-45-33)30(49-21(5)39)29(34)48-20(4)38/h8-12,23-24,26-30,40,43H,1,13-16H2,2-7H3/t23-,24-,26-,27-,28-,29-,30+,32+,33-,34+,35-/m0/s1. The van der Waals surface area contributed by atoms with Crippen LogP contribution in [0.15, 0.2) is 42.5 Å². The fraction of sp³-hybridized carbons (Fsp3) is 0.600. The average molecular weight is 687 g/mol. The lowest BCUT2D eigenvalue weighted by molar-refractivity contribution is -0.302. The van der Waals surface area contributed by atoms with Crippen LogP contribution in [0.25, 0.3) is 0 Å². The van der Waals surface area contributed by atoms with Crippen molar-refractivity contribution in [2.45, 2.75) is 96.1 Å². The number of Topliss-reactive ketones (excluding diaryl/α,β-unsaturated/α-hetero) is 1. The molecule has 5 rings (SSSR count). The van der Waals surface area contributed by atoms with Crippen LogP contribution in [0.2, 0.25) is 0 Å². The Morgan fingerprint density at radius 2 is 1.47 bits per heavy atom. The van der Waals surface area contributed by atoms with Crippen molar-refractivity contribution in [1.82, 2.24) is 0 Å². The first kappa shape index (κ1) is 36.1. The van der Waals surface area contributed by atoms with Gasteiger partial charge in [0.25, 0.3) is 0 Å². The summed E-state index contributed by atoms with van der Waals surface area (Å²) in [5.41, 5.74) is -8.00. The van der Waals surface area contributed by atoms with E-state index in [9.17, 15) is 39.0 Å². The monoisotopic (exact) mass is 686 g/mol. The van der Waals surface area contributed by atoms with Crippen LogP contribution in [-0.2, 0) is 52.4 Å². The molecule has 0 unspecified atom stereocenters. The van der Waals surface area contributed by atoms with Crippen LogP contribution in [0.3, 0.4) is 0 Å². The predicted octanol–water partition coefficient (Wildman–Crippen LogP) is 1.62. The number of aliphatic hydroxyl groups is 2. The van der Waals surface area contributed by atoms with E-state index in [0.29, 0.717) is 0 Å². The van der Waals surface area contributed by atoms with Crippen molar-refractivity contribution in [2.24, 2.45) is 22.7 Å². The van der Waals surface area contributed by atoms with E-state index in [4.69, 9.17) is 28.4 Å². The Hall–Kier alpha value is -4.14. The molecule has 4 fully saturated rings. The zero-order valence-electron chi connectivity index (χ0n) is 28.3. The van der Waals surface area contributed by atoms with Gasteiger partial charge < -0.3 is 38.6 Å². The molecule has 4 bridgehead atoms. The van der Waals surface area contributed by atoms with E-state index in [2.05, 4.69) is 6.58 Å². The van der Waals surface area contributed by atoms with Gasteiger partial charge in [-0.05, 0) is 24.6 Å². The minimum atomic E-state index is -2.48. The molecule has 14 nitrogen and oxygen atoms in total. The van der Waals surface area contributed by atoms with Gasteiger partial charge in [0, 0.05) is 57.8 Å². The molecule has 266 valence electrons. The molecule has 1 saturated heterocycles. The topological polar surface area (TPSA) is 198 Å². The molecule has 0 spiro atoms. The number of benzene rings is 1. The Morgan fingerprint density at radius 3 is 2.04 bits per heavy atom. The Balaban J connectivity index is 1.91. The van der Waals surface area contributed by atoms with Gasteiger partial charge in [-0.2, -0.15) is 0 Å². The van der Waals surface area contributed by atoms with Crippen molar-refractivity contribution in [2.75, 3.05) is 13.2 Å². The summed E-state index contributed by atoms with van der Waals surface area (Å²) in [4.78, 5) is 79.4. The normalized spacial score (nSPS) is 39.4. The molecule has 49 heavy (non-hydrogen) atoms. The summed E-state index contributed by atoms with van der Waals surface area (Å²) in [6, 6.07) is 7.88. The Kier molecular flexibility index (Phi) is 9.32. The lowest BCUT2D eigenvalue weighted by atomic mass is 9.43. The lowest BCUT2D eigenvalue weighted by Gasteiger charge is -2.65. The van der Waals surface area contributed by atoms with Gasteiger partial charge in [-0.1, -0.05) is 31.7 Å². The summed E-state index contributed by atoms with van der Waals surface area (Å²) in [7, 11) is 0. The van der Waals surface area contributed by atoms with Crippen LogP contribution in [0.1, 0.15) is 64.7 Å².